The molecule has 0 aliphatic rings. The van der Waals surface area contributed by atoms with Crippen LogP contribution in [0.2, 0.25) is 0 Å². The summed E-state index contributed by atoms with van der Waals surface area (Å²) in [6.07, 6.45) is 0.917. The van der Waals surface area contributed by atoms with Gasteiger partial charge in [0.25, 0.3) is 0 Å². The first kappa shape index (κ1) is 13.7. The Kier molecular flexibility index (Phi) is 5.69. The second-order valence-corrected chi connectivity index (χ2v) is 4.70. The molecule has 0 spiro atoms. The van der Waals surface area contributed by atoms with E-state index in [1.54, 1.807) is 11.8 Å². The Morgan fingerprint density at radius 3 is 2.82 bits per heavy atom. The van der Waals surface area contributed by atoms with Gasteiger partial charge in [-0.2, -0.15) is 0 Å². The van der Waals surface area contributed by atoms with Gasteiger partial charge in [-0.15, -0.1) is 11.8 Å². The monoisotopic (exact) mass is 254 g/mol. The van der Waals surface area contributed by atoms with E-state index in [9.17, 15) is 0 Å². The minimum atomic E-state index is 0.0904. The highest BCUT2D eigenvalue weighted by Crippen LogP contribution is 2.30. The molecule has 0 aliphatic heterocycles. The molecule has 0 saturated carbocycles. The summed E-state index contributed by atoms with van der Waals surface area (Å²) in [5, 5.41) is 11.9. The van der Waals surface area contributed by atoms with Crippen molar-refractivity contribution in [2.45, 2.75) is 25.2 Å². The maximum absolute atomic E-state index is 8.83. The molecular formula is C12H18N2O2S. The molecule has 17 heavy (non-hydrogen) atoms. The van der Waals surface area contributed by atoms with Crippen LogP contribution in [0.15, 0.2) is 28.3 Å². The van der Waals surface area contributed by atoms with Gasteiger partial charge in [-0.1, -0.05) is 25.1 Å². The molecule has 1 rings (SSSR count). The van der Waals surface area contributed by atoms with E-state index in [4.69, 9.17) is 15.7 Å². The van der Waals surface area contributed by atoms with Crippen LogP contribution >= 0.6 is 11.8 Å². The summed E-state index contributed by atoms with van der Waals surface area (Å²) < 4.78 is 5.61. The second kappa shape index (κ2) is 7.06. The van der Waals surface area contributed by atoms with Crippen molar-refractivity contribution in [3.8, 4) is 5.75 Å². The van der Waals surface area contributed by atoms with Crippen LogP contribution < -0.4 is 10.5 Å². The molecule has 5 heteroatoms. The van der Waals surface area contributed by atoms with Crippen LogP contribution in [0, 0.1) is 0 Å². The van der Waals surface area contributed by atoms with E-state index < -0.39 is 0 Å². The summed E-state index contributed by atoms with van der Waals surface area (Å²) in [6.45, 7) is 4.71. The third kappa shape index (κ3) is 3.56. The van der Waals surface area contributed by atoms with E-state index in [0.717, 1.165) is 17.1 Å². The highest BCUT2D eigenvalue weighted by Gasteiger charge is 2.13. The van der Waals surface area contributed by atoms with Crippen molar-refractivity contribution in [1.29, 1.82) is 0 Å². The summed E-state index contributed by atoms with van der Waals surface area (Å²) in [5.74, 6) is 1.68. The normalized spacial score (nSPS) is 11.5. The zero-order valence-corrected chi connectivity index (χ0v) is 11.0. The van der Waals surface area contributed by atoms with Crippen molar-refractivity contribution in [2.24, 2.45) is 10.9 Å². The fourth-order valence-electron chi connectivity index (χ4n) is 1.42. The van der Waals surface area contributed by atoms with Gasteiger partial charge in [-0.25, -0.2) is 0 Å². The number of ether oxygens (including phenoxy) is 1. The Morgan fingerprint density at radius 2 is 2.24 bits per heavy atom. The van der Waals surface area contributed by atoms with Crippen LogP contribution in [0.1, 0.15) is 25.8 Å². The first-order chi connectivity index (χ1) is 8.24. The summed E-state index contributed by atoms with van der Waals surface area (Å²) >= 11 is 1.64. The maximum Gasteiger partial charge on any atom is 0.174 e. The second-order valence-electron chi connectivity index (χ2n) is 3.40. The number of hydrogen-bond acceptors (Lipinski definition) is 4. The first-order valence-electron chi connectivity index (χ1n) is 5.61. The molecule has 0 aromatic heterocycles. The highest BCUT2D eigenvalue weighted by molar-refractivity contribution is 7.99. The molecule has 0 amide bonds. The molecule has 94 valence electrons. The summed E-state index contributed by atoms with van der Waals surface area (Å²) in [4.78, 5) is 0.969. The number of amidine groups is 1. The van der Waals surface area contributed by atoms with Crippen LogP contribution in [0.25, 0.3) is 0 Å². The summed E-state index contributed by atoms with van der Waals surface area (Å²) in [6, 6.07) is 5.69. The quantitative estimate of drug-likeness (QED) is 0.269. The van der Waals surface area contributed by atoms with Gasteiger partial charge in [0.05, 0.1) is 12.2 Å². The maximum atomic E-state index is 8.83. The molecule has 0 bridgehead atoms. The highest BCUT2D eigenvalue weighted by atomic mass is 32.2. The predicted octanol–water partition coefficient (Wildman–Crippen LogP) is 2.68. The average Bonchev–Trinajstić information content (AvgIpc) is 2.36. The lowest BCUT2D eigenvalue weighted by Gasteiger charge is -2.13. The largest absolute Gasteiger partial charge is 0.493 e. The van der Waals surface area contributed by atoms with Gasteiger partial charge >= 0.3 is 0 Å². The van der Waals surface area contributed by atoms with Crippen LogP contribution in [-0.4, -0.2) is 23.4 Å². The standard InChI is InChI=1S/C12H18N2O2S/c1-3-8-16-9-6-5-7-10(17-4-2)11(9)12(13)14-15/h5-7,15H,3-4,8H2,1-2H3,(H2,13,14). The molecule has 3 N–H and O–H groups in total. The minimum absolute atomic E-state index is 0.0904. The fourth-order valence-corrected chi connectivity index (χ4v) is 2.26. The molecule has 0 heterocycles. The number of hydrogen-bond donors (Lipinski definition) is 2. The molecule has 0 radical (unpaired) electrons. The topological polar surface area (TPSA) is 67.8 Å². The van der Waals surface area contributed by atoms with Gasteiger partial charge in [-0.05, 0) is 24.3 Å². The Bertz CT molecular complexity index is 394. The number of nitrogens with two attached hydrogens (primary N) is 1. The zero-order chi connectivity index (χ0) is 12.7. The molecule has 0 unspecified atom stereocenters. The van der Waals surface area contributed by atoms with Gasteiger partial charge in [0.2, 0.25) is 0 Å². The molecule has 0 saturated heterocycles. The molecule has 1 aromatic rings. The molecule has 0 fully saturated rings. The Labute approximate surface area is 106 Å². The third-order valence-corrected chi connectivity index (χ3v) is 3.05. The molecule has 1 aromatic carbocycles. The van der Waals surface area contributed by atoms with E-state index in [1.165, 1.54) is 0 Å². The number of rotatable bonds is 6. The van der Waals surface area contributed by atoms with Crippen molar-refractivity contribution in [1.82, 2.24) is 0 Å². The first-order valence-corrected chi connectivity index (χ1v) is 6.59. The molecular weight excluding hydrogens is 236 g/mol. The van der Waals surface area contributed by atoms with Gasteiger partial charge < -0.3 is 15.7 Å². The predicted molar refractivity (Wildman–Crippen MR) is 71.1 cm³/mol. The van der Waals surface area contributed by atoms with E-state index in [2.05, 4.69) is 12.1 Å². The lowest BCUT2D eigenvalue weighted by atomic mass is 10.2. The number of nitrogens with zero attached hydrogens (tertiary/aromatic N) is 1. The number of thioether (sulfide) groups is 1. The molecule has 0 atom stereocenters. The van der Waals surface area contributed by atoms with Crippen molar-refractivity contribution >= 4 is 17.6 Å². The number of benzene rings is 1. The Morgan fingerprint density at radius 1 is 1.47 bits per heavy atom. The van der Waals surface area contributed by atoms with Gasteiger partial charge in [0.1, 0.15) is 5.75 Å². The van der Waals surface area contributed by atoms with Crippen molar-refractivity contribution in [2.75, 3.05) is 12.4 Å². The van der Waals surface area contributed by atoms with Crippen LogP contribution in [0.3, 0.4) is 0 Å². The smallest absolute Gasteiger partial charge is 0.174 e. The van der Waals surface area contributed by atoms with Crippen molar-refractivity contribution < 1.29 is 9.94 Å². The minimum Gasteiger partial charge on any atom is -0.493 e. The van der Waals surface area contributed by atoms with Gasteiger partial charge in [0.15, 0.2) is 5.84 Å². The van der Waals surface area contributed by atoms with Crippen LogP contribution in [-0.2, 0) is 0 Å². The molecule has 4 nitrogen and oxygen atoms in total. The van der Waals surface area contributed by atoms with E-state index in [0.29, 0.717) is 17.9 Å². The summed E-state index contributed by atoms with van der Waals surface area (Å²) in [7, 11) is 0. The molecule has 0 aliphatic carbocycles. The third-order valence-electron chi connectivity index (χ3n) is 2.11. The van der Waals surface area contributed by atoms with Crippen LogP contribution in [0.4, 0.5) is 0 Å². The van der Waals surface area contributed by atoms with Crippen molar-refractivity contribution in [3.63, 3.8) is 0 Å². The van der Waals surface area contributed by atoms with E-state index in [-0.39, 0.29) is 5.84 Å². The SMILES string of the molecule is CCCOc1cccc(SCC)c1/C(N)=N/O. The zero-order valence-electron chi connectivity index (χ0n) is 10.1. The van der Waals surface area contributed by atoms with Crippen LogP contribution in [0.5, 0.6) is 5.75 Å². The van der Waals surface area contributed by atoms with E-state index in [1.807, 2.05) is 25.1 Å². The summed E-state index contributed by atoms with van der Waals surface area (Å²) in [5.41, 5.74) is 6.38. The Hall–Kier alpha value is -1.36. The Balaban J connectivity index is 3.14. The average molecular weight is 254 g/mol. The van der Waals surface area contributed by atoms with Gasteiger partial charge in [0, 0.05) is 4.90 Å². The number of oxime groups is 1. The van der Waals surface area contributed by atoms with Crippen molar-refractivity contribution in [3.05, 3.63) is 23.8 Å². The lowest BCUT2D eigenvalue weighted by Crippen LogP contribution is -2.16. The van der Waals surface area contributed by atoms with E-state index >= 15 is 0 Å². The lowest BCUT2D eigenvalue weighted by molar-refractivity contribution is 0.311. The van der Waals surface area contributed by atoms with Gasteiger partial charge in [-0.3, -0.25) is 0 Å². The fraction of sp³-hybridized carbons (Fsp3) is 0.417.